The van der Waals surface area contributed by atoms with Crippen molar-refractivity contribution in [1.82, 2.24) is 0 Å². The molecular weight excluding hydrogens is 457 g/mol. The number of carbonyl (C=O) groups excluding carboxylic acids is 1. The first kappa shape index (κ1) is 21.0. The summed E-state index contributed by atoms with van der Waals surface area (Å²) in [4.78, 5) is 21.3. The van der Waals surface area contributed by atoms with Gasteiger partial charge in [-0.1, -0.05) is 33.6 Å². The first-order valence-corrected chi connectivity index (χ1v) is 8.48. The molecule has 0 radical (unpaired) electrons. The Balaban J connectivity index is 2.56. The van der Waals surface area contributed by atoms with Gasteiger partial charge in [-0.15, -0.1) is 0 Å². The van der Waals surface area contributed by atoms with Gasteiger partial charge in [-0.3, -0.25) is 10.1 Å². The molecule has 0 amide bonds. The summed E-state index contributed by atoms with van der Waals surface area (Å²) >= 11 is 8.94. The van der Waals surface area contributed by atoms with Crippen molar-refractivity contribution in [3.63, 3.8) is 0 Å². The van der Waals surface area contributed by atoms with Crippen LogP contribution in [-0.2, 0) is 4.79 Å². The molecule has 0 aromatic heterocycles. The smallest absolute Gasteiger partial charge is 0.387 e. The fraction of sp³-hybridized carbons (Fsp3) is 0.188. The molecule has 0 aliphatic rings. The average Bonchev–Trinajstić information content (AvgIpc) is 2.53. The van der Waals surface area contributed by atoms with E-state index in [4.69, 9.17) is 11.6 Å². The minimum atomic E-state index is -3.13. The van der Waals surface area contributed by atoms with Gasteiger partial charge >= 0.3 is 12.3 Å². The zero-order valence-electron chi connectivity index (χ0n) is 13.3. The van der Waals surface area contributed by atoms with Crippen molar-refractivity contribution in [2.45, 2.75) is 19.1 Å². The molecular formula is C16H11BrClF3N2O4. The van der Waals surface area contributed by atoms with E-state index in [9.17, 15) is 28.1 Å². The Morgan fingerprint density at radius 3 is 2.67 bits per heavy atom. The van der Waals surface area contributed by atoms with Gasteiger partial charge in [-0.2, -0.15) is 13.2 Å². The van der Waals surface area contributed by atoms with Crippen molar-refractivity contribution in [3.8, 4) is 5.75 Å². The largest absolute Gasteiger partial charge is 0.434 e. The molecule has 0 fully saturated rings. The number of hydrogen-bond donors (Lipinski definition) is 1. The van der Waals surface area contributed by atoms with Crippen LogP contribution in [0.5, 0.6) is 5.75 Å². The van der Waals surface area contributed by atoms with Crippen molar-refractivity contribution in [2.24, 2.45) is 0 Å². The molecule has 11 heteroatoms. The highest BCUT2D eigenvalue weighted by atomic mass is 79.9. The van der Waals surface area contributed by atoms with Crippen LogP contribution < -0.4 is 10.1 Å². The second kappa shape index (κ2) is 9.05. The van der Waals surface area contributed by atoms with Crippen molar-refractivity contribution < 1.29 is 27.6 Å². The van der Waals surface area contributed by atoms with Gasteiger partial charge in [-0.25, -0.2) is 0 Å². The number of nitrogens with zero attached hydrogens (tertiary/aromatic N) is 1. The van der Waals surface area contributed by atoms with Gasteiger partial charge in [0.1, 0.15) is 17.7 Å². The van der Waals surface area contributed by atoms with Crippen LogP contribution in [0.25, 0.3) is 0 Å². The van der Waals surface area contributed by atoms with E-state index in [1.165, 1.54) is 18.2 Å². The molecule has 1 N–H and O–H groups in total. The highest BCUT2D eigenvalue weighted by molar-refractivity contribution is 9.10. The number of carbonyl (C=O) groups is 1. The Bertz CT molecular complexity index is 870. The van der Waals surface area contributed by atoms with Crippen molar-refractivity contribution >= 4 is 45.2 Å². The molecule has 6 nitrogen and oxygen atoms in total. The second-order valence-corrected chi connectivity index (χ2v) is 6.46. The number of nitro benzene ring substituents is 1. The van der Waals surface area contributed by atoms with Gasteiger partial charge in [0.25, 0.3) is 0 Å². The molecule has 1 atom stereocenters. The number of rotatable bonds is 8. The first-order chi connectivity index (χ1) is 12.7. The molecule has 2 rings (SSSR count). The van der Waals surface area contributed by atoms with Crippen molar-refractivity contribution in [1.29, 1.82) is 0 Å². The summed E-state index contributed by atoms with van der Waals surface area (Å²) in [5, 5.41) is 13.7. The number of nitrogens with one attached hydrogen (secondary N) is 1. The van der Waals surface area contributed by atoms with E-state index in [-0.39, 0.29) is 28.4 Å². The highest BCUT2D eigenvalue weighted by Gasteiger charge is 2.27. The number of hydrogen-bond acceptors (Lipinski definition) is 5. The number of aldehydes is 1. The van der Waals surface area contributed by atoms with Crippen LogP contribution in [0.15, 0.2) is 34.8 Å². The van der Waals surface area contributed by atoms with E-state index < -0.39 is 29.1 Å². The Morgan fingerprint density at radius 2 is 2.07 bits per heavy atom. The zero-order chi connectivity index (χ0) is 20.1. The molecule has 0 aliphatic carbocycles. The van der Waals surface area contributed by atoms with E-state index in [1.807, 2.05) is 0 Å². The van der Waals surface area contributed by atoms with Gasteiger partial charge in [-0.05, 0) is 24.3 Å². The second-order valence-electron chi connectivity index (χ2n) is 5.17. The zero-order valence-corrected chi connectivity index (χ0v) is 15.6. The molecule has 0 heterocycles. The van der Waals surface area contributed by atoms with Crippen molar-refractivity contribution in [3.05, 3.63) is 61.3 Å². The van der Waals surface area contributed by atoms with E-state index in [0.29, 0.717) is 10.8 Å². The molecule has 0 bridgehead atoms. The summed E-state index contributed by atoms with van der Waals surface area (Å²) in [5.74, 6) is -1.43. The third-order valence-corrected chi connectivity index (χ3v) is 4.36. The summed E-state index contributed by atoms with van der Waals surface area (Å²) < 4.78 is 44.1. The highest BCUT2D eigenvalue weighted by Crippen LogP contribution is 2.39. The molecule has 144 valence electrons. The standard InChI is InChI=1S/C16H11BrClF3N2O4/c17-9-2-1-3-13(27-16(20)21)14(9)11(4-5-24)22-12-7-8(18)6-10(19)15(12)23(25)26/h1-3,5-7,11,16,22H,4H2/t11-/m1/s1. The van der Waals surface area contributed by atoms with Gasteiger partial charge < -0.3 is 14.8 Å². The van der Waals surface area contributed by atoms with Gasteiger partial charge in [0.05, 0.1) is 11.0 Å². The van der Waals surface area contributed by atoms with E-state index in [1.54, 1.807) is 0 Å². The monoisotopic (exact) mass is 466 g/mol. The topological polar surface area (TPSA) is 81.5 Å². The normalized spacial score (nSPS) is 11.9. The number of benzene rings is 2. The Labute approximate surface area is 164 Å². The lowest BCUT2D eigenvalue weighted by atomic mass is 10.0. The fourth-order valence-electron chi connectivity index (χ4n) is 2.45. The molecule has 27 heavy (non-hydrogen) atoms. The number of nitro groups is 1. The summed E-state index contributed by atoms with van der Waals surface area (Å²) in [7, 11) is 0. The number of anilines is 1. The number of alkyl halides is 2. The Kier molecular flexibility index (Phi) is 7.03. The Hall–Kier alpha value is -2.33. The van der Waals surface area contributed by atoms with Crippen LogP contribution in [0.3, 0.4) is 0 Å². The molecule has 0 unspecified atom stereocenters. The van der Waals surface area contributed by atoms with E-state index >= 15 is 0 Å². The summed E-state index contributed by atoms with van der Waals surface area (Å²) in [5.41, 5.74) is -1.09. The lowest BCUT2D eigenvalue weighted by molar-refractivity contribution is -0.386. The maximum atomic E-state index is 14.0. The van der Waals surface area contributed by atoms with E-state index in [2.05, 4.69) is 26.0 Å². The summed E-state index contributed by atoms with van der Waals surface area (Å²) in [6.45, 7) is -3.13. The van der Waals surface area contributed by atoms with Gasteiger partial charge in [0.2, 0.25) is 5.82 Å². The predicted octanol–water partition coefficient (Wildman–Crippen LogP) is 5.49. The molecule has 2 aromatic carbocycles. The maximum absolute atomic E-state index is 14.0. The minimum Gasteiger partial charge on any atom is -0.434 e. The maximum Gasteiger partial charge on any atom is 0.387 e. The summed E-state index contributed by atoms with van der Waals surface area (Å²) in [6.07, 6.45) is 0.212. The van der Waals surface area contributed by atoms with Crippen LogP contribution in [0.2, 0.25) is 5.02 Å². The van der Waals surface area contributed by atoms with E-state index in [0.717, 1.165) is 12.1 Å². The average molecular weight is 468 g/mol. The Morgan fingerprint density at radius 1 is 1.37 bits per heavy atom. The van der Waals surface area contributed by atoms with Crippen LogP contribution in [0.1, 0.15) is 18.0 Å². The first-order valence-electron chi connectivity index (χ1n) is 7.31. The molecule has 0 saturated heterocycles. The van der Waals surface area contributed by atoms with Crippen LogP contribution in [-0.4, -0.2) is 17.8 Å². The van der Waals surface area contributed by atoms with Crippen LogP contribution in [0.4, 0.5) is 24.5 Å². The third kappa shape index (κ3) is 5.10. The number of halogens is 5. The van der Waals surface area contributed by atoms with Crippen LogP contribution in [0, 0.1) is 15.9 Å². The lowest BCUT2D eigenvalue weighted by Gasteiger charge is -2.22. The summed E-state index contributed by atoms with van der Waals surface area (Å²) in [6, 6.07) is 5.03. The molecule has 0 aliphatic heterocycles. The number of ether oxygens (including phenoxy) is 1. The molecule has 2 aromatic rings. The third-order valence-electron chi connectivity index (χ3n) is 3.45. The molecule has 0 spiro atoms. The quantitative estimate of drug-likeness (QED) is 0.315. The van der Waals surface area contributed by atoms with Gasteiger partial charge in [0.15, 0.2) is 0 Å². The lowest BCUT2D eigenvalue weighted by Crippen LogP contribution is -2.16. The minimum absolute atomic E-state index is 0.111. The molecule has 0 saturated carbocycles. The van der Waals surface area contributed by atoms with Gasteiger partial charge in [0, 0.05) is 21.5 Å². The predicted molar refractivity (Wildman–Crippen MR) is 95.9 cm³/mol. The van der Waals surface area contributed by atoms with Crippen LogP contribution >= 0.6 is 27.5 Å². The SMILES string of the molecule is O=CC[C@@H](Nc1cc(Cl)cc(F)c1[N+](=O)[O-])c1c(Br)cccc1OC(F)F. The fourth-order valence-corrected chi connectivity index (χ4v) is 3.28. The van der Waals surface area contributed by atoms with Crippen molar-refractivity contribution in [2.75, 3.05) is 5.32 Å².